The average Bonchev–Trinajstić information content (AvgIpc) is 2.83. The van der Waals surface area contributed by atoms with Gasteiger partial charge in [0.25, 0.3) is 5.91 Å². The second kappa shape index (κ2) is 7.41. The zero-order valence-corrected chi connectivity index (χ0v) is 16.4. The molecule has 2 aromatic heterocycles. The van der Waals surface area contributed by atoms with Crippen LogP contribution in [0.2, 0.25) is 0 Å². The fraction of sp³-hybridized carbons (Fsp3) is 0.167. The quantitative estimate of drug-likeness (QED) is 0.593. The molecule has 25 heavy (non-hydrogen) atoms. The highest BCUT2D eigenvalue weighted by Gasteiger charge is 2.20. The first-order valence-electron chi connectivity index (χ1n) is 7.58. The van der Waals surface area contributed by atoms with Gasteiger partial charge in [-0.3, -0.25) is 4.79 Å². The number of nitrogens with one attached hydrogen (secondary N) is 1. The summed E-state index contributed by atoms with van der Waals surface area (Å²) >= 11 is 4.89. The molecular weight excluding hydrogens is 402 g/mol. The van der Waals surface area contributed by atoms with Gasteiger partial charge in [0.05, 0.1) is 10.0 Å². The van der Waals surface area contributed by atoms with E-state index in [1.54, 1.807) is 25.4 Å². The molecule has 0 unspecified atom stereocenters. The van der Waals surface area contributed by atoms with Crippen LogP contribution in [-0.4, -0.2) is 15.9 Å². The zero-order chi connectivity index (χ0) is 18.0. The van der Waals surface area contributed by atoms with E-state index in [4.69, 9.17) is 4.42 Å². The van der Waals surface area contributed by atoms with E-state index in [1.165, 1.54) is 11.8 Å². The van der Waals surface area contributed by atoms with Crippen LogP contribution in [0.4, 0.5) is 5.69 Å². The summed E-state index contributed by atoms with van der Waals surface area (Å²) in [7, 11) is 0. The standard InChI is InChI=1S/C18H16BrN3O2S/c1-10-9-13(25-18-20-7-4-8-21-18)5-6-14(10)22-17(23)15-11(2)24-12(3)16(15)19/h4-9H,1-3H3,(H,22,23). The van der Waals surface area contributed by atoms with E-state index < -0.39 is 0 Å². The summed E-state index contributed by atoms with van der Waals surface area (Å²) in [5, 5.41) is 3.63. The molecular formula is C18H16BrN3O2S. The van der Waals surface area contributed by atoms with Crippen LogP contribution < -0.4 is 5.32 Å². The summed E-state index contributed by atoms with van der Waals surface area (Å²) in [5.41, 5.74) is 2.24. The normalized spacial score (nSPS) is 10.7. The Kier molecular flexibility index (Phi) is 5.24. The van der Waals surface area contributed by atoms with Gasteiger partial charge >= 0.3 is 0 Å². The number of amides is 1. The fourth-order valence-corrected chi connectivity index (χ4v) is 3.73. The van der Waals surface area contributed by atoms with Gasteiger partial charge in [0.15, 0.2) is 5.16 Å². The molecule has 0 bridgehead atoms. The smallest absolute Gasteiger partial charge is 0.260 e. The number of carbonyl (C=O) groups excluding carboxylic acids is 1. The fourth-order valence-electron chi connectivity index (χ4n) is 2.38. The summed E-state index contributed by atoms with van der Waals surface area (Å²) in [5.74, 6) is 1.08. The van der Waals surface area contributed by atoms with E-state index in [2.05, 4.69) is 31.2 Å². The first kappa shape index (κ1) is 17.7. The molecule has 0 spiro atoms. The molecule has 1 N–H and O–H groups in total. The highest BCUT2D eigenvalue weighted by atomic mass is 79.9. The van der Waals surface area contributed by atoms with Crippen LogP contribution in [0, 0.1) is 20.8 Å². The van der Waals surface area contributed by atoms with E-state index in [9.17, 15) is 4.79 Å². The van der Waals surface area contributed by atoms with Crippen LogP contribution in [0.15, 0.2) is 55.6 Å². The van der Waals surface area contributed by atoms with Crippen molar-refractivity contribution < 1.29 is 9.21 Å². The number of aromatic nitrogens is 2. The van der Waals surface area contributed by atoms with Crippen LogP contribution in [0.25, 0.3) is 0 Å². The maximum absolute atomic E-state index is 12.6. The third-order valence-corrected chi connectivity index (χ3v) is 5.45. The Morgan fingerprint density at radius 2 is 1.88 bits per heavy atom. The van der Waals surface area contributed by atoms with Crippen molar-refractivity contribution in [1.29, 1.82) is 0 Å². The number of hydrogen-bond acceptors (Lipinski definition) is 5. The van der Waals surface area contributed by atoms with E-state index in [0.717, 1.165) is 16.1 Å². The Morgan fingerprint density at radius 1 is 1.16 bits per heavy atom. The Labute approximate surface area is 158 Å². The van der Waals surface area contributed by atoms with Crippen molar-refractivity contribution >= 4 is 39.3 Å². The minimum atomic E-state index is -0.198. The number of aryl methyl sites for hydroxylation is 3. The van der Waals surface area contributed by atoms with Gasteiger partial charge in [0.1, 0.15) is 11.5 Å². The monoisotopic (exact) mass is 417 g/mol. The molecule has 1 aromatic carbocycles. The van der Waals surface area contributed by atoms with Crippen molar-refractivity contribution in [2.45, 2.75) is 30.8 Å². The molecule has 2 heterocycles. The second-order valence-corrected chi connectivity index (χ2v) is 7.30. The predicted octanol–water partition coefficient (Wildman–Crippen LogP) is 5.16. The molecule has 7 heteroatoms. The Hall–Kier alpha value is -2.12. The number of hydrogen-bond donors (Lipinski definition) is 1. The van der Waals surface area contributed by atoms with Gasteiger partial charge < -0.3 is 9.73 Å². The average molecular weight is 418 g/mol. The molecule has 3 rings (SSSR count). The highest BCUT2D eigenvalue weighted by molar-refractivity contribution is 9.10. The van der Waals surface area contributed by atoms with Crippen molar-refractivity contribution in [1.82, 2.24) is 9.97 Å². The third kappa shape index (κ3) is 3.93. The van der Waals surface area contributed by atoms with Crippen LogP contribution in [0.1, 0.15) is 27.4 Å². The summed E-state index contributed by atoms with van der Waals surface area (Å²) in [4.78, 5) is 22.0. The summed E-state index contributed by atoms with van der Waals surface area (Å²) in [6.07, 6.45) is 3.42. The predicted molar refractivity (Wildman–Crippen MR) is 101 cm³/mol. The number of halogens is 1. The number of carbonyl (C=O) groups is 1. The molecule has 0 atom stereocenters. The molecule has 0 aliphatic carbocycles. The van der Waals surface area contributed by atoms with E-state index in [1.807, 2.05) is 32.0 Å². The minimum absolute atomic E-state index is 0.198. The third-order valence-electron chi connectivity index (χ3n) is 3.61. The molecule has 0 aliphatic heterocycles. The van der Waals surface area contributed by atoms with Crippen molar-refractivity contribution in [3.05, 3.63) is 63.8 Å². The summed E-state index contributed by atoms with van der Waals surface area (Å²) in [6, 6.07) is 7.60. The molecule has 0 radical (unpaired) electrons. The van der Waals surface area contributed by atoms with E-state index in [0.29, 0.717) is 26.7 Å². The lowest BCUT2D eigenvalue weighted by atomic mass is 10.1. The molecule has 5 nitrogen and oxygen atoms in total. The van der Waals surface area contributed by atoms with E-state index in [-0.39, 0.29) is 5.91 Å². The van der Waals surface area contributed by atoms with Crippen LogP contribution in [-0.2, 0) is 0 Å². The van der Waals surface area contributed by atoms with Crippen molar-refractivity contribution in [2.24, 2.45) is 0 Å². The van der Waals surface area contributed by atoms with Crippen LogP contribution in [0.5, 0.6) is 0 Å². The summed E-state index contributed by atoms with van der Waals surface area (Å²) < 4.78 is 6.18. The van der Waals surface area contributed by atoms with Gasteiger partial charge in [-0.1, -0.05) is 0 Å². The first-order chi connectivity index (χ1) is 12.0. The molecule has 1 amide bonds. The second-order valence-electron chi connectivity index (χ2n) is 5.47. The largest absolute Gasteiger partial charge is 0.465 e. The Morgan fingerprint density at radius 3 is 2.48 bits per heavy atom. The molecule has 0 fully saturated rings. The van der Waals surface area contributed by atoms with Crippen LogP contribution in [0.3, 0.4) is 0 Å². The van der Waals surface area contributed by atoms with Gasteiger partial charge in [-0.2, -0.15) is 0 Å². The molecule has 3 aromatic rings. The van der Waals surface area contributed by atoms with Crippen molar-refractivity contribution in [2.75, 3.05) is 5.32 Å². The van der Waals surface area contributed by atoms with Gasteiger partial charge in [0.2, 0.25) is 0 Å². The van der Waals surface area contributed by atoms with Gasteiger partial charge in [-0.05, 0) is 78.3 Å². The van der Waals surface area contributed by atoms with Crippen LogP contribution >= 0.6 is 27.7 Å². The summed E-state index contributed by atoms with van der Waals surface area (Å²) in [6.45, 7) is 5.55. The Bertz CT molecular complexity index is 926. The molecule has 128 valence electrons. The molecule has 0 saturated heterocycles. The number of rotatable bonds is 4. The lowest BCUT2D eigenvalue weighted by Gasteiger charge is -2.10. The highest BCUT2D eigenvalue weighted by Crippen LogP contribution is 2.30. The maximum Gasteiger partial charge on any atom is 0.260 e. The lowest BCUT2D eigenvalue weighted by molar-refractivity contribution is 0.102. The van der Waals surface area contributed by atoms with Gasteiger partial charge in [0, 0.05) is 23.0 Å². The number of benzene rings is 1. The molecule has 0 saturated carbocycles. The number of anilines is 1. The van der Waals surface area contributed by atoms with Gasteiger partial charge in [-0.15, -0.1) is 0 Å². The van der Waals surface area contributed by atoms with Gasteiger partial charge in [-0.25, -0.2) is 9.97 Å². The van der Waals surface area contributed by atoms with E-state index >= 15 is 0 Å². The number of furan rings is 1. The number of nitrogens with zero attached hydrogens (tertiary/aromatic N) is 2. The lowest BCUT2D eigenvalue weighted by Crippen LogP contribution is -2.13. The zero-order valence-electron chi connectivity index (χ0n) is 14.0. The Balaban J connectivity index is 1.78. The minimum Gasteiger partial charge on any atom is -0.465 e. The topological polar surface area (TPSA) is 68.0 Å². The maximum atomic E-state index is 12.6. The molecule has 0 aliphatic rings. The van der Waals surface area contributed by atoms with Crippen molar-refractivity contribution in [3.63, 3.8) is 0 Å². The SMILES string of the molecule is Cc1cc(Sc2ncccn2)ccc1NC(=O)c1c(C)oc(C)c1Br. The first-order valence-corrected chi connectivity index (χ1v) is 9.19. The van der Waals surface area contributed by atoms with Crippen molar-refractivity contribution in [3.8, 4) is 0 Å².